The molecular formula is C19H31N3O2S. The highest BCUT2D eigenvalue weighted by Crippen LogP contribution is 2.25. The molecule has 1 N–H and O–H groups in total. The molecule has 0 aliphatic carbocycles. The summed E-state index contributed by atoms with van der Waals surface area (Å²) in [6.07, 6.45) is 0. The van der Waals surface area contributed by atoms with Crippen LogP contribution in [0.3, 0.4) is 0 Å². The Kier molecular flexibility index (Phi) is 5.52. The van der Waals surface area contributed by atoms with Gasteiger partial charge in [0.15, 0.2) is 15.8 Å². The number of guanidine groups is 1. The molecule has 1 aliphatic heterocycles. The molecule has 1 heterocycles. The highest BCUT2D eigenvalue weighted by molar-refractivity contribution is 7.92. The molecular weight excluding hydrogens is 334 g/mol. The van der Waals surface area contributed by atoms with Crippen molar-refractivity contribution in [2.24, 2.45) is 4.99 Å². The first-order valence-electron chi connectivity index (χ1n) is 8.74. The van der Waals surface area contributed by atoms with E-state index in [4.69, 9.17) is 0 Å². The summed E-state index contributed by atoms with van der Waals surface area (Å²) < 4.78 is 23.7. The Morgan fingerprint density at radius 3 is 2.40 bits per heavy atom. The Hall–Kier alpha value is -1.56. The molecule has 0 spiro atoms. The molecule has 0 amide bonds. The predicted octanol–water partition coefficient (Wildman–Crippen LogP) is 2.36. The van der Waals surface area contributed by atoms with Gasteiger partial charge in [-0.05, 0) is 26.3 Å². The lowest BCUT2D eigenvalue weighted by molar-refractivity contribution is 0.349. The van der Waals surface area contributed by atoms with Gasteiger partial charge in [-0.2, -0.15) is 0 Å². The van der Waals surface area contributed by atoms with Crippen molar-refractivity contribution in [3.8, 4) is 0 Å². The second kappa shape index (κ2) is 6.98. The number of hydrogen-bond donors (Lipinski definition) is 1. The molecule has 6 heteroatoms. The zero-order chi connectivity index (χ0) is 18.9. The van der Waals surface area contributed by atoms with Crippen molar-refractivity contribution in [1.82, 2.24) is 10.2 Å². The smallest absolute Gasteiger partial charge is 0.193 e. The van der Waals surface area contributed by atoms with E-state index < -0.39 is 14.6 Å². The van der Waals surface area contributed by atoms with Gasteiger partial charge in [0.05, 0.1) is 10.5 Å². The lowest BCUT2D eigenvalue weighted by atomic mass is 9.84. The normalized spacial score (nSPS) is 20.4. The van der Waals surface area contributed by atoms with Gasteiger partial charge in [-0.25, -0.2) is 8.42 Å². The molecule has 1 aromatic carbocycles. The molecule has 0 unspecified atom stereocenters. The first-order chi connectivity index (χ1) is 11.5. The van der Waals surface area contributed by atoms with Crippen LogP contribution in [-0.4, -0.2) is 56.5 Å². The maximum absolute atomic E-state index is 12.2. The van der Waals surface area contributed by atoms with Crippen LogP contribution in [0.5, 0.6) is 0 Å². The third-order valence-corrected chi connectivity index (χ3v) is 7.61. The van der Waals surface area contributed by atoms with Crippen LogP contribution < -0.4 is 5.32 Å². The molecule has 0 atom stereocenters. The topological polar surface area (TPSA) is 61.8 Å². The number of nitrogens with zero attached hydrogens (tertiary/aromatic N) is 2. The Morgan fingerprint density at radius 2 is 1.88 bits per heavy atom. The lowest BCUT2D eigenvalue weighted by Gasteiger charge is -2.40. The van der Waals surface area contributed by atoms with Gasteiger partial charge in [0.1, 0.15) is 0 Å². The summed E-state index contributed by atoms with van der Waals surface area (Å²) in [6.45, 7) is 11.7. The zero-order valence-electron chi connectivity index (χ0n) is 16.3. The number of rotatable bonds is 3. The van der Waals surface area contributed by atoms with E-state index in [0.29, 0.717) is 13.1 Å². The van der Waals surface area contributed by atoms with Gasteiger partial charge in [0, 0.05) is 32.1 Å². The van der Waals surface area contributed by atoms with Crippen LogP contribution in [0.1, 0.15) is 38.8 Å². The molecule has 5 nitrogen and oxygen atoms in total. The zero-order valence-corrected chi connectivity index (χ0v) is 17.1. The molecule has 0 radical (unpaired) electrons. The maximum Gasteiger partial charge on any atom is 0.193 e. The Bertz CT molecular complexity index is 734. The number of benzene rings is 1. The molecule has 0 aromatic heterocycles. The van der Waals surface area contributed by atoms with E-state index in [1.807, 2.05) is 4.90 Å². The Balaban J connectivity index is 2.07. The molecule has 2 rings (SSSR count). The fourth-order valence-corrected chi connectivity index (χ4v) is 4.43. The van der Waals surface area contributed by atoms with Crippen LogP contribution in [0.15, 0.2) is 29.3 Å². The van der Waals surface area contributed by atoms with Crippen molar-refractivity contribution >= 4 is 15.8 Å². The summed E-state index contributed by atoms with van der Waals surface area (Å²) in [5, 5.41) is 3.44. The van der Waals surface area contributed by atoms with Crippen LogP contribution >= 0.6 is 0 Å². The van der Waals surface area contributed by atoms with Crippen LogP contribution in [0.25, 0.3) is 0 Å². The van der Waals surface area contributed by atoms with Crippen LogP contribution in [0, 0.1) is 6.92 Å². The molecule has 0 bridgehead atoms. The summed E-state index contributed by atoms with van der Waals surface area (Å²) in [6, 6.07) is 8.58. The van der Waals surface area contributed by atoms with E-state index in [2.05, 4.69) is 55.3 Å². The quantitative estimate of drug-likeness (QED) is 0.660. The Morgan fingerprint density at radius 1 is 1.28 bits per heavy atom. The molecule has 25 heavy (non-hydrogen) atoms. The average Bonchev–Trinajstić information content (AvgIpc) is 2.51. The van der Waals surface area contributed by atoms with Gasteiger partial charge in [-0.1, -0.05) is 43.7 Å². The van der Waals surface area contributed by atoms with Gasteiger partial charge in [0.2, 0.25) is 0 Å². The molecule has 1 aromatic rings. The summed E-state index contributed by atoms with van der Waals surface area (Å²) in [5.41, 5.74) is 2.46. The Labute approximate surface area is 152 Å². The van der Waals surface area contributed by atoms with Crippen molar-refractivity contribution in [1.29, 1.82) is 0 Å². The third-order valence-electron chi connectivity index (χ3n) is 5.08. The summed E-state index contributed by atoms with van der Waals surface area (Å²) in [5.74, 6) is 0.936. The van der Waals surface area contributed by atoms with Crippen molar-refractivity contribution in [2.45, 2.75) is 44.8 Å². The number of aliphatic imine (C=N–C) groups is 1. The largest absolute Gasteiger partial charge is 0.355 e. The van der Waals surface area contributed by atoms with E-state index in [0.717, 1.165) is 12.5 Å². The fraction of sp³-hybridized carbons (Fsp3) is 0.632. The second-order valence-electron chi connectivity index (χ2n) is 8.15. The first-order valence-corrected chi connectivity index (χ1v) is 10.4. The summed E-state index contributed by atoms with van der Waals surface area (Å²) >= 11 is 0. The molecule has 1 fully saturated rings. The SMILES string of the molecule is CN=C(NCC(C)(C)c1ccc(C)cc1)N1CCS(=O)(=O)C(C)(C)C1. The monoisotopic (exact) mass is 365 g/mol. The lowest BCUT2D eigenvalue weighted by Crippen LogP contribution is -2.58. The van der Waals surface area contributed by atoms with Gasteiger partial charge < -0.3 is 10.2 Å². The predicted molar refractivity (Wildman–Crippen MR) is 105 cm³/mol. The van der Waals surface area contributed by atoms with Gasteiger partial charge in [-0.15, -0.1) is 0 Å². The third kappa shape index (κ3) is 4.35. The van der Waals surface area contributed by atoms with E-state index in [1.54, 1.807) is 20.9 Å². The van der Waals surface area contributed by atoms with Crippen LogP contribution in [-0.2, 0) is 15.3 Å². The second-order valence-corrected chi connectivity index (χ2v) is 10.9. The van der Waals surface area contributed by atoms with Crippen LogP contribution in [0.2, 0.25) is 0 Å². The summed E-state index contributed by atoms with van der Waals surface area (Å²) in [4.78, 5) is 6.42. The fourth-order valence-electron chi connectivity index (χ4n) is 3.06. The number of hydrogen-bond acceptors (Lipinski definition) is 3. The van der Waals surface area contributed by atoms with Crippen molar-refractivity contribution < 1.29 is 8.42 Å². The molecule has 0 saturated carbocycles. The van der Waals surface area contributed by atoms with E-state index >= 15 is 0 Å². The van der Waals surface area contributed by atoms with Crippen molar-refractivity contribution in [3.63, 3.8) is 0 Å². The molecule has 1 saturated heterocycles. The first kappa shape index (κ1) is 19.8. The van der Waals surface area contributed by atoms with E-state index in [9.17, 15) is 8.42 Å². The number of aryl methyl sites for hydroxylation is 1. The highest BCUT2D eigenvalue weighted by Gasteiger charge is 2.41. The minimum atomic E-state index is -3.05. The standard InChI is InChI=1S/C19H31N3O2S/c1-15-7-9-16(10-8-15)18(2,3)13-21-17(20-6)22-11-12-25(23,24)19(4,5)14-22/h7-10H,11-14H2,1-6H3,(H,20,21). The molecule has 140 valence electrons. The minimum absolute atomic E-state index is 0.0545. The average molecular weight is 366 g/mol. The van der Waals surface area contributed by atoms with E-state index in [1.165, 1.54) is 11.1 Å². The highest BCUT2D eigenvalue weighted by atomic mass is 32.2. The minimum Gasteiger partial charge on any atom is -0.355 e. The van der Waals surface area contributed by atoms with Gasteiger partial charge in [-0.3, -0.25) is 4.99 Å². The van der Waals surface area contributed by atoms with Crippen molar-refractivity contribution in [2.75, 3.05) is 32.4 Å². The van der Waals surface area contributed by atoms with Gasteiger partial charge >= 0.3 is 0 Å². The molecule has 1 aliphatic rings. The number of nitrogens with one attached hydrogen (secondary N) is 1. The van der Waals surface area contributed by atoms with Crippen LogP contribution in [0.4, 0.5) is 0 Å². The maximum atomic E-state index is 12.2. The number of sulfone groups is 1. The van der Waals surface area contributed by atoms with Crippen molar-refractivity contribution in [3.05, 3.63) is 35.4 Å². The van der Waals surface area contributed by atoms with Gasteiger partial charge in [0.25, 0.3) is 0 Å². The summed E-state index contributed by atoms with van der Waals surface area (Å²) in [7, 11) is -1.30. The van der Waals surface area contributed by atoms with E-state index in [-0.39, 0.29) is 11.2 Å².